The van der Waals surface area contributed by atoms with Gasteiger partial charge in [0.2, 0.25) is 5.75 Å². The van der Waals surface area contributed by atoms with Crippen molar-refractivity contribution in [2.24, 2.45) is 0 Å². The molecular weight excluding hydrogens is 489 g/mol. The number of hydrogen-bond acceptors (Lipinski definition) is 9. The van der Waals surface area contributed by atoms with Gasteiger partial charge in [-0.05, 0) is 12.1 Å². The van der Waals surface area contributed by atoms with Crippen LogP contribution in [-0.4, -0.2) is 31.3 Å². The summed E-state index contributed by atoms with van der Waals surface area (Å²) >= 11 is 2.63. The number of aromatic nitrogens is 2. The molecule has 0 saturated carbocycles. The Bertz CT molecular complexity index is 1280. The molecule has 2 heterocycles. The SMILES string of the molecule is COc1cc(Nc2nc(N)c(-c3nc(-c4ccc(C(F)(F)F)cc4)cs3)s2)cc(OC)c1OC. The van der Waals surface area contributed by atoms with Crippen LogP contribution in [0.1, 0.15) is 5.56 Å². The molecule has 0 amide bonds. The van der Waals surface area contributed by atoms with Gasteiger partial charge in [0.25, 0.3) is 0 Å². The van der Waals surface area contributed by atoms with E-state index in [-0.39, 0.29) is 5.82 Å². The highest BCUT2D eigenvalue weighted by Gasteiger charge is 2.30. The first-order valence-corrected chi connectivity index (χ1v) is 11.4. The summed E-state index contributed by atoms with van der Waals surface area (Å²) in [5, 5.41) is 6.08. The number of alkyl halides is 3. The molecule has 0 fully saturated rings. The lowest BCUT2D eigenvalue weighted by atomic mass is 10.1. The van der Waals surface area contributed by atoms with E-state index < -0.39 is 11.7 Å². The van der Waals surface area contributed by atoms with Gasteiger partial charge < -0.3 is 25.3 Å². The van der Waals surface area contributed by atoms with Crippen LogP contribution in [0, 0.1) is 0 Å². The molecule has 0 spiro atoms. The number of ether oxygens (including phenoxy) is 3. The summed E-state index contributed by atoms with van der Waals surface area (Å²) in [5.74, 6) is 1.71. The number of anilines is 3. The quantitative estimate of drug-likeness (QED) is 0.303. The molecule has 0 atom stereocenters. The fourth-order valence-electron chi connectivity index (χ4n) is 3.16. The van der Waals surface area contributed by atoms with Gasteiger partial charge in [0.05, 0.1) is 32.6 Å². The Balaban J connectivity index is 1.58. The summed E-state index contributed by atoms with van der Waals surface area (Å²) in [7, 11) is 4.57. The number of halogens is 3. The van der Waals surface area contributed by atoms with Crippen molar-refractivity contribution in [1.82, 2.24) is 9.97 Å². The largest absolute Gasteiger partial charge is 0.493 e. The minimum Gasteiger partial charge on any atom is -0.493 e. The average molecular weight is 509 g/mol. The number of thiazole rings is 2. The molecule has 2 aromatic heterocycles. The molecule has 12 heteroatoms. The summed E-state index contributed by atoms with van der Waals surface area (Å²) < 4.78 is 54.5. The van der Waals surface area contributed by atoms with Gasteiger partial charge in [-0.25, -0.2) is 9.97 Å². The molecule has 0 radical (unpaired) electrons. The summed E-state index contributed by atoms with van der Waals surface area (Å²) in [5.41, 5.74) is 7.21. The molecule has 0 aliphatic rings. The van der Waals surface area contributed by atoms with E-state index in [0.29, 0.717) is 49.2 Å². The third-order valence-electron chi connectivity index (χ3n) is 4.78. The van der Waals surface area contributed by atoms with Crippen LogP contribution in [0.4, 0.5) is 29.8 Å². The topological polar surface area (TPSA) is 91.5 Å². The lowest BCUT2D eigenvalue weighted by Crippen LogP contribution is -2.03. The predicted octanol–water partition coefficient (Wildman–Crippen LogP) is 6.30. The first-order chi connectivity index (χ1) is 16.2. The minimum absolute atomic E-state index is 0.285. The van der Waals surface area contributed by atoms with Crippen molar-refractivity contribution in [1.29, 1.82) is 0 Å². The van der Waals surface area contributed by atoms with E-state index in [1.807, 2.05) is 0 Å². The maximum absolute atomic E-state index is 12.8. The monoisotopic (exact) mass is 508 g/mol. The molecule has 0 unspecified atom stereocenters. The zero-order valence-electron chi connectivity index (χ0n) is 18.2. The summed E-state index contributed by atoms with van der Waals surface area (Å²) in [6.07, 6.45) is -4.38. The van der Waals surface area contributed by atoms with Crippen LogP contribution >= 0.6 is 22.7 Å². The lowest BCUT2D eigenvalue weighted by Gasteiger charge is -2.14. The molecule has 2 aromatic carbocycles. The molecule has 4 aromatic rings. The van der Waals surface area contributed by atoms with Crippen LogP contribution in [-0.2, 0) is 6.18 Å². The van der Waals surface area contributed by atoms with E-state index in [0.717, 1.165) is 12.1 Å². The van der Waals surface area contributed by atoms with Crippen LogP contribution in [0.2, 0.25) is 0 Å². The molecule has 0 saturated heterocycles. The van der Waals surface area contributed by atoms with E-state index in [4.69, 9.17) is 19.9 Å². The van der Waals surface area contributed by atoms with Gasteiger partial charge in [0.15, 0.2) is 16.6 Å². The number of nitrogens with zero attached hydrogens (tertiary/aromatic N) is 2. The molecule has 7 nitrogen and oxygen atoms in total. The Hall–Kier alpha value is -3.51. The Kier molecular flexibility index (Phi) is 6.53. The highest BCUT2D eigenvalue weighted by molar-refractivity contribution is 7.23. The summed E-state index contributed by atoms with van der Waals surface area (Å²) in [4.78, 5) is 9.57. The maximum atomic E-state index is 12.8. The molecule has 0 aliphatic heterocycles. The van der Waals surface area contributed by atoms with Crippen LogP contribution < -0.4 is 25.3 Å². The van der Waals surface area contributed by atoms with Gasteiger partial charge in [0, 0.05) is 28.8 Å². The van der Waals surface area contributed by atoms with Crippen LogP contribution in [0.15, 0.2) is 41.8 Å². The second-order valence-electron chi connectivity index (χ2n) is 6.89. The Morgan fingerprint density at radius 3 is 2.15 bits per heavy atom. The molecule has 4 rings (SSSR count). The number of nitrogen functional groups attached to an aromatic ring is 1. The molecular formula is C22H19F3N4O3S2. The van der Waals surface area contributed by atoms with Gasteiger partial charge in [-0.2, -0.15) is 13.2 Å². The van der Waals surface area contributed by atoms with E-state index in [1.54, 1.807) is 17.5 Å². The van der Waals surface area contributed by atoms with E-state index in [2.05, 4.69) is 15.3 Å². The van der Waals surface area contributed by atoms with E-state index in [9.17, 15) is 13.2 Å². The van der Waals surface area contributed by atoms with Crippen molar-refractivity contribution in [2.45, 2.75) is 6.18 Å². The number of nitrogens with two attached hydrogens (primary N) is 1. The zero-order chi connectivity index (χ0) is 24.5. The van der Waals surface area contributed by atoms with Crippen molar-refractivity contribution >= 4 is 39.3 Å². The zero-order valence-corrected chi connectivity index (χ0v) is 19.8. The molecule has 0 bridgehead atoms. The normalized spacial score (nSPS) is 11.4. The van der Waals surface area contributed by atoms with Crippen molar-refractivity contribution in [3.63, 3.8) is 0 Å². The van der Waals surface area contributed by atoms with Gasteiger partial charge in [-0.1, -0.05) is 23.5 Å². The average Bonchev–Trinajstić information content (AvgIpc) is 3.44. The van der Waals surface area contributed by atoms with Gasteiger partial charge in [-0.3, -0.25) is 0 Å². The standard InChI is InChI=1S/C22H19F3N4O3S2/c1-30-15-8-13(9-16(31-2)17(15)32-3)27-21-29-19(26)18(34-21)20-28-14(10-33-20)11-4-6-12(7-5-11)22(23,24)25/h4-10H,26H2,1-3H3,(H,27,29). The van der Waals surface area contributed by atoms with Crippen LogP contribution in [0.5, 0.6) is 17.2 Å². The minimum atomic E-state index is -4.38. The van der Waals surface area contributed by atoms with Gasteiger partial charge >= 0.3 is 6.18 Å². The third-order valence-corrected chi connectivity index (χ3v) is 6.76. The second-order valence-corrected chi connectivity index (χ2v) is 8.74. The van der Waals surface area contributed by atoms with Crippen molar-refractivity contribution in [3.05, 3.63) is 47.3 Å². The Morgan fingerprint density at radius 2 is 1.59 bits per heavy atom. The summed E-state index contributed by atoms with van der Waals surface area (Å²) in [6.45, 7) is 0. The second kappa shape index (κ2) is 9.39. The Morgan fingerprint density at radius 1 is 0.941 bits per heavy atom. The van der Waals surface area contributed by atoms with Gasteiger partial charge in [-0.15, -0.1) is 11.3 Å². The van der Waals surface area contributed by atoms with Crippen molar-refractivity contribution < 1.29 is 27.4 Å². The fourth-order valence-corrected chi connectivity index (χ4v) is 4.99. The van der Waals surface area contributed by atoms with E-state index >= 15 is 0 Å². The summed E-state index contributed by atoms with van der Waals surface area (Å²) in [6, 6.07) is 8.35. The fraction of sp³-hybridized carbons (Fsp3) is 0.182. The molecule has 3 N–H and O–H groups in total. The van der Waals surface area contributed by atoms with Crippen LogP contribution in [0.25, 0.3) is 21.1 Å². The highest BCUT2D eigenvalue weighted by atomic mass is 32.1. The number of nitrogens with one attached hydrogen (secondary N) is 1. The molecule has 34 heavy (non-hydrogen) atoms. The molecule has 178 valence electrons. The van der Waals surface area contributed by atoms with Gasteiger partial charge in [0.1, 0.15) is 15.7 Å². The first-order valence-electron chi connectivity index (χ1n) is 9.70. The van der Waals surface area contributed by atoms with Crippen LogP contribution in [0.3, 0.4) is 0 Å². The number of rotatable bonds is 7. The van der Waals surface area contributed by atoms with Crippen molar-refractivity contribution in [2.75, 3.05) is 32.4 Å². The first kappa shape index (κ1) is 23.6. The number of methoxy groups -OCH3 is 3. The Labute approximate surface area is 201 Å². The highest BCUT2D eigenvalue weighted by Crippen LogP contribution is 2.43. The van der Waals surface area contributed by atoms with E-state index in [1.165, 1.54) is 56.1 Å². The third kappa shape index (κ3) is 4.73. The lowest BCUT2D eigenvalue weighted by molar-refractivity contribution is -0.137. The number of hydrogen-bond donors (Lipinski definition) is 2. The van der Waals surface area contributed by atoms with Crippen molar-refractivity contribution in [3.8, 4) is 38.4 Å². The smallest absolute Gasteiger partial charge is 0.416 e. The predicted molar refractivity (Wildman–Crippen MR) is 127 cm³/mol. The maximum Gasteiger partial charge on any atom is 0.416 e. The number of benzene rings is 2. The molecule has 0 aliphatic carbocycles.